The third-order valence-electron chi connectivity index (χ3n) is 7.76. The van der Waals surface area contributed by atoms with Gasteiger partial charge in [-0.05, 0) is 36.6 Å². The van der Waals surface area contributed by atoms with E-state index in [0.717, 1.165) is 10.8 Å². The van der Waals surface area contributed by atoms with Gasteiger partial charge in [-0.1, -0.05) is 48.6 Å². The molecule has 0 spiro atoms. The van der Waals surface area contributed by atoms with Crippen LogP contribution in [-0.4, -0.2) is 89.6 Å². The van der Waals surface area contributed by atoms with Crippen LogP contribution < -0.4 is 10.6 Å². The summed E-state index contributed by atoms with van der Waals surface area (Å²) in [5.74, 6) is -2.03. The molecule has 3 aliphatic heterocycles. The van der Waals surface area contributed by atoms with Crippen molar-refractivity contribution in [2.24, 2.45) is 0 Å². The fourth-order valence-corrected chi connectivity index (χ4v) is 5.75. The highest BCUT2D eigenvalue weighted by molar-refractivity contribution is 6.08. The van der Waals surface area contributed by atoms with E-state index in [2.05, 4.69) is 10.6 Å². The lowest BCUT2D eigenvalue weighted by Gasteiger charge is -2.47. The van der Waals surface area contributed by atoms with E-state index < -0.39 is 54.1 Å². The molecule has 2 aromatic carbocycles. The van der Waals surface area contributed by atoms with E-state index in [1.807, 2.05) is 42.5 Å². The molecule has 0 saturated carbocycles. The van der Waals surface area contributed by atoms with Gasteiger partial charge >= 0.3 is 5.97 Å². The van der Waals surface area contributed by atoms with Gasteiger partial charge in [0.2, 0.25) is 24.0 Å². The van der Waals surface area contributed by atoms with Gasteiger partial charge in [0, 0.05) is 25.6 Å². The van der Waals surface area contributed by atoms with Crippen LogP contribution in [0, 0.1) is 0 Å². The molecular weight excluding hydrogens is 528 g/mol. The number of hydrogen-bond donors (Lipinski definition) is 2. The first-order chi connectivity index (χ1) is 19.8. The minimum atomic E-state index is -1.04. The fourth-order valence-electron chi connectivity index (χ4n) is 5.75. The number of fused-ring (bicyclic) bond motifs is 2. The number of rotatable bonds is 6. The molecule has 0 aromatic heterocycles. The molecule has 2 aromatic rings. The van der Waals surface area contributed by atoms with Crippen LogP contribution in [0.3, 0.4) is 0 Å². The van der Waals surface area contributed by atoms with Gasteiger partial charge in [0.05, 0.1) is 19.0 Å². The maximum Gasteiger partial charge on any atom is 0.310 e. The summed E-state index contributed by atoms with van der Waals surface area (Å²) < 4.78 is 10.7. The Hall–Kier alpha value is -4.25. The Kier molecular flexibility index (Phi) is 8.34. The molecule has 5 atom stereocenters. The molecule has 0 radical (unpaired) electrons. The zero-order valence-corrected chi connectivity index (χ0v) is 23.1. The van der Waals surface area contributed by atoms with Crippen LogP contribution in [0.5, 0.6) is 0 Å². The maximum absolute atomic E-state index is 14.1. The van der Waals surface area contributed by atoms with Gasteiger partial charge in [-0.2, -0.15) is 0 Å². The Bertz CT molecular complexity index is 1390. The smallest absolute Gasteiger partial charge is 0.310 e. The number of esters is 1. The van der Waals surface area contributed by atoms with Crippen LogP contribution in [0.1, 0.15) is 43.5 Å². The molecule has 3 heterocycles. The molecule has 41 heavy (non-hydrogen) atoms. The lowest BCUT2D eigenvalue weighted by atomic mass is 9.96. The number of nitrogens with one attached hydrogen (secondary N) is 2. The van der Waals surface area contributed by atoms with Crippen molar-refractivity contribution in [2.45, 2.75) is 63.6 Å². The number of ether oxygens (including phenoxy) is 2. The normalized spacial score (nSPS) is 26.1. The number of amides is 4. The van der Waals surface area contributed by atoms with Gasteiger partial charge in [0.15, 0.2) is 0 Å². The molecule has 0 aliphatic carbocycles. The first-order valence-electron chi connectivity index (χ1n) is 13.9. The number of cyclic esters (lactones) is 1. The Morgan fingerprint density at radius 3 is 2.54 bits per heavy atom. The van der Waals surface area contributed by atoms with E-state index in [0.29, 0.717) is 12.0 Å². The number of piperazine rings is 1. The summed E-state index contributed by atoms with van der Waals surface area (Å²) in [6.07, 6.45) is 3.45. The third-order valence-corrected chi connectivity index (χ3v) is 7.76. The third kappa shape index (κ3) is 5.95. The summed E-state index contributed by atoms with van der Waals surface area (Å²) in [5, 5.41) is 7.38. The Labute approximate surface area is 237 Å². The summed E-state index contributed by atoms with van der Waals surface area (Å²) in [6.45, 7) is 3.69. The summed E-state index contributed by atoms with van der Waals surface area (Å²) in [7, 11) is 0. The minimum absolute atomic E-state index is 0.0159. The number of nitrogens with zero attached hydrogens (tertiary/aromatic N) is 2. The van der Waals surface area contributed by atoms with E-state index in [1.165, 1.54) is 11.8 Å². The summed E-state index contributed by atoms with van der Waals surface area (Å²) in [5.41, 5.74) is 0.446. The standard InChI is InChI=1S/C30H34N4O7/c1-3-40-30-24(15-26(36)41-30)32-28(38)25-17-33(18(2)35)16-20-11-5-7-14-23(29(39)34(20)25)31-27(37)22-13-8-10-19-9-4-6-12-21(19)22/h4-10,12-13,20,23-25,30H,3,11,14-17H2,1-2H3,(H,31,37)(H,32,38)/t20-,23-,24?,25-,30?/m0/s1. The quantitative estimate of drug-likeness (QED) is 0.403. The van der Waals surface area contributed by atoms with Crippen LogP contribution in [0.15, 0.2) is 54.6 Å². The predicted molar refractivity (Wildman–Crippen MR) is 148 cm³/mol. The summed E-state index contributed by atoms with van der Waals surface area (Å²) >= 11 is 0. The van der Waals surface area contributed by atoms with Crippen molar-refractivity contribution in [3.63, 3.8) is 0 Å². The lowest BCUT2D eigenvalue weighted by molar-refractivity contribution is -0.165. The van der Waals surface area contributed by atoms with Gasteiger partial charge in [0.25, 0.3) is 5.91 Å². The highest BCUT2D eigenvalue weighted by Gasteiger charge is 2.46. The molecule has 216 valence electrons. The Balaban J connectivity index is 1.41. The topological polar surface area (TPSA) is 134 Å². The molecule has 0 bridgehead atoms. The maximum atomic E-state index is 14.1. The van der Waals surface area contributed by atoms with Crippen LogP contribution in [0.4, 0.5) is 0 Å². The second kappa shape index (κ2) is 12.1. The monoisotopic (exact) mass is 562 g/mol. The van der Waals surface area contributed by atoms with Crippen molar-refractivity contribution in [1.82, 2.24) is 20.4 Å². The second-order valence-corrected chi connectivity index (χ2v) is 10.5. The molecule has 11 heteroatoms. The Morgan fingerprint density at radius 1 is 1.00 bits per heavy atom. The number of hydrogen-bond acceptors (Lipinski definition) is 7. The molecule has 5 rings (SSSR count). The van der Waals surface area contributed by atoms with Gasteiger partial charge in [-0.3, -0.25) is 24.0 Å². The fraction of sp³-hybridized carbons (Fsp3) is 0.433. The van der Waals surface area contributed by atoms with E-state index >= 15 is 0 Å². The Morgan fingerprint density at radius 2 is 1.76 bits per heavy atom. The highest BCUT2D eigenvalue weighted by Crippen LogP contribution is 2.25. The molecule has 11 nitrogen and oxygen atoms in total. The molecule has 4 amide bonds. The molecule has 2 unspecified atom stereocenters. The van der Waals surface area contributed by atoms with Gasteiger partial charge in [0.1, 0.15) is 18.1 Å². The van der Waals surface area contributed by atoms with E-state index in [1.54, 1.807) is 24.0 Å². The molecule has 2 saturated heterocycles. The van der Waals surface area contributed by atoms with Gasteiger partial charge < -0.3 is 29.9 Å². The minimum Gasteiger partial charge on any atom is -0.433 e. The van der Waals surface area contributed by atoms with E-state index in [-0.39, 0.29) is 38.4 Å². The second-order valence-electron chi connectivity index (χ2n) is 10.5. The predicted octanol–water partition coefficient (Wildman–Crippen LogP) is 1.51. The van der Waals surface area contributed by atoms with Crippen molar-refractivity contribution < 1.29 is 33.4 Å². The number of benzene rings is 2. The average molecular weight is 563 g/mol. The zero-order chi connectivity index (χ0) is 29.1. The first kappa shape index (κ1) is 28.3. The van der Waals surface area contributed by atoms with Crippen molar-refractivity contribution in [3.05, 3.63) is 60.2 Å². The van der Waals surface area contributed by atoms with Crippen molar-refractivity contribution in [1.29, 1.82) is 0 Å². The van der Waals surface area contributed by atoms with Crippen molar-refractivity contribution >= 4 is 40.4 Å². The zero-order valence-electron chi connectivity index (χ0n) is 23.1. The van der Waals surface area contributed by atoms with Crippen LogP contribution in [0.25, 0.3) is 10.8 Å². The first-order valence-corrected chi connectivity index (χ1v) is 13.9. The lowest BCUT2D eigenvalue weighted by Crippen LogP contribution is -2.68. The molecule has 3 aliphatic rings. The number of carbonyl (C=O) groups excluding carboxylic acids is 5. The van der Waals surface area contributed by atoms with Crippen LogP contribution >= 0.6 is 0 Å². The van der Waals surface area contributed by atoms with Crippen LogP contribution in [-0.2, 0) is 28.7 Å². The molecular formula is C30H34N4O7. The molecule has 2 N–H and O–H groups in total. The highest BCUT2D eigenvalue weighted by atomic mass is 16.7. The van der Waals surface area contributed by atoms with Crippen molar-refractivity contribution in [2.75, 3.05) is 19.7 Å². The molecule has 2 fully saturated rings. The van der Waals surface area contributed by atoms with E-state index in [4.69, 9.17) is 9.47 Å². The summed E-state index contributed by atoms with van der Waals surface area (Å²) in [6, 6.07) is 9.77. The van der Waals surface area contributed by atoms with Gasteiger partial charge in [-0.25, -0.2) is 0 Å². The largest absolute Gasteiger partial charge is 0.433 e. The van der Waals surface area contributed by atoms with Crippen LogP contribution in [0.2, 0.25) is 0 Å². The van der Waals surface area contributed by atoms with Gasteiger partial charge in [-0.15, -0.1) is 0 Å². The van der Waals surface area contributed by atoms with Crippen molar-refractivity contribution in [3.8, 4) is 0 Å². The SMILES string of the molecule is CCOC1OC(=O)CC1NC(=O)[C@@H]1CN(C(C)=O)C[C@@H]2CC=CC[C@H](NC(=O)c3cccc4ccccc34)C(=O)N21. The van der Waals surface area contributed by atoms with E-state index in [9.17, 15) is 24.0 Å². The summed E-state index contributed by atoms with van der Waals surface area (Å²) in [4.78, 5) is 68.6. The number of carbonyl (C=O) groups is 5. The average Bonchev–Trinajstić information content (AvgIpc) is 3.30.